The number of nitrogens with zero attached hydrogens (tertiary/aromatic N) is 2. The van der Waals surface area contributed by atoms with E-state index in [0.717, 1.165) is 24.2 Å². The molecule has 0 aliphatic heterocycles. The zero-order valence-electron chi connectivity index (χ0n) is 29.3. The molecule has 53 heavy (non-hydrogen) atoms. The van der Waals surface area contributed by atoms with E-state index in [1.807, 2.05) is 0 Å². The van der Waals surface area contributed by atoms with Gasteiger partial charge in [0.25, 0.3) is 0 Å². The van der Waals surface area contributed by atoms with Gasteiger partial charge in [-0.05, 0) is 124 Å². The molecule has 0 bridgehead atoms. The smallest absolute Gasteiger partial charge is 0.0541 e. The van der Waals surface area contributed by atoms with Crippen LogP contribution in [0.2, 0.25) is 0 Å². The number of aromatic nitrogens is 1. The first-order valence-electron chi connectivity index (χ1n) is 18.6. The summed E-state index contributed by atoms with van der Waals surface area (Å²) in [6.45, 7) is 0. The summed E-state index contributed by atoms with van der Waals surface area (Å²) in [5.74, 6) is 0. The molecule has 9 aromatic rings. The molecular weight excluding hydrogens is 641 g/mol. The lowest BCUT2D eigenvalue weighted by molar-refractivity contribution is 0.563. The lowest BCUT2D eigenvalue weighted by Crippen LogP contribution is -2.26. The van der Waals surface area contributed by atoms with Crippen molar-refractivity contribution in [1.29, 1.82) is 0 Å². The summed E-state index contributed by atoms with van der Waals surface area (Å²) in [6, 6.07) is 71.5. The van der Waals surface area contributed by atoms with E-state index >= 15 is 0 Å². The molecule has 2 heteroatoms. The zero-order valence-corrected chi connectivity index (χ0v) is 29.3. The normalized spacial score (nSPS) is 13.7. The second-order valence-electron chi connectivity index (χ2n) is 14.6. The SMILES string of the molecule is c1ccc(N(c2ccc(-c3ccc4c(c3)c3ccccc3n4-c3ccccc3)cc2)c2ccc3c(c2)C2(Cc4ccccc4C2)c2ccccc2-3)cc1. The number of anilines is 3. The minimum atomic E-state index is -0.0554. The van der Waals surface area contributed by atoms with Gasteiger partial charge in [0, 0.05) is 38.9 Å². The van der Waals surface area contributed by atoms with Crippen molar-refractivity contribution in [3.63, 3.8) is 0 Å². The Bertz CT molecular complexity index is 2800. The first kappa shape index (κ1) is 30.0. The fourth-order valence-electron chi connectivity index (χ4n) is 9.41. The average Bonchev–Trinajstić information content (AvgIpc) is 3.87. The molecule has 1 aromatic heterocycles. The Morgan fingerprint density at radius 2 is 0.981 bits per heavy atom. The molecule has 2 aliphatic rings. The van der Waals surface area contributed by atoms with Gasteiger partial charge >= 0.3 is 0 Å². The number of para-hydroxylation sites is 3. The average molecular weight is 677 g/mol. The maximum atomic E-state index is 2.48. The standard InChI is InChI=1S/C51H36N2/c1-3-15-39(16-4-1)52(42-28-29-44-43-19-9-11-21-47(43)51(48(44)32-42)33-37-13-7-8-14-38(37)34-51)41-26-23-35(24-27-41)36-25-30-50-46(31-36)45-20-10-12-22-49(45)53(50)40-17-5-2-6-18-40/h1-32H,33-34H2. The molecule has 0 radical (unpaired) electrons. The lowest BCUT2D eigenvalue weighted by Gasteiger charge is -2.30. The van der Waals surface area contributed by atoms with Crippen LogP contribution in [0.3, 0.4) is 0 Å². The van der Waals surface area contributed by atoms with E-state index in [9.17, 15) is 0 Å². The Morgan fingerprint density at radius 1 is 0.396 bits per heavy atom. The Balaban J connectivity index is 1.01. The van der Waals surface area contributed by atoms with Crippen LogP contribution in [0, 0.1) is 0 Å². The van der Waals surface area contributed by atoms with E-state index in [4.69, 9.17) is 0 Å². The monoisotopic (exact) mass is 676 g/mol. The molecule has 2 aliphatic carbocycles. The van der Waals surface area contributed by atoms with Crippen LogP contribution in [-0.4, -0.2) is 4.57 Å². The minimum Gasteiger partial charge on any atom is -0.310 e. The van der Waals surface area contributed by atoms with Crippen LogP contribution < -0.4 is 4.90 Å². The highest BCUT2D eigenvalue weighted by Gasteiger charge is 2.47. The van der Waals surface area contributed by atoms with E-state index in [0.29, 0.717) is 0 Å². The van der Waals surface area contributed by atoms with Gasteiger partial charge in [0.15, 0.2) is 0 Å². The van der Waals surface area contributed by atoms with Crippen LogP contribution in [0.25, 0.3) is 49.7 Å². The molecule has 0 saturated carbocycles. The predicted octanol–water partition coefficient (Wildman–Crippen LogP) is 13.0. The van der Waals surface area contributed by atoms with Crippen molar-refractivity contribution in [1.82, 2.24) is 4.57 Å². The van der Waals surface area contributed by atoms with Gasteiger partial charge in [0.2, 0.25) is 0 Å². The van der Waals surface area contributed by atoms with Crippen LogP contribution in [0.4, 0.5) is 17.1 Å². The highest BCUT2D eigenvalue weighted by Crippen LogP contribution is 2.56. The number of hydrogen-bond donors (Lipinski definition) is 0. The number of rotatable bonds is 5. The fourth-order valence-corrected chi connectivity index (χ4v) is 9.41. The fraction of sp³-hybridized carbons (Fsp3) is 0.0588. The third kappa shape index (κ3) is 4.59. The van der Waals surface area contributed by atoms with E-state index in [2.05, 4.69) is 204 Å². The number of hydrogen-bond acceptors (Lipinski definition) is 1. The van der Waals surface area contributed by atoms with Crippen LogP contribution in [0.15, 0.2) is 194 Å². The Labute approximate surface area is 309 Å². The molecule has 0 saturated heterocycles. The van der Waals surface area contributed by atoms with Crippen molar-refractivity contribution in [2.45, 2.75) is 18.3 Å². The summed E-state index contributed by atoms with van der Waals surface area (Å²) >= 11 is 0. The summed E-state index contributed by atoms with van der Waals surface area (Å²) < 4.78 is 2.37. The van der Waals surface area contributed by atoms with E-state index in [-0.39, 0.29) is 5.41 Å². The highest BCUT2D eigenvalue weighted by molar-refractivity contribution is 6.10. The van der Waals surface area contributed by atoms with Gasteiger partial charge < -0.3 is 9.47 Å². The number of fused-ring (bicyclic) bond motifs is 9. The molecule has 1 spiro atoms. The van der Waals surface area contributed by atoms with Crippen LogP contribution >= 0.6 is 0 Å². The second-order valence-corrected chi connectivity index (χ2v) is 14.6. The Hall–Kier alpha value is -6.64. The first-order valence-corrected chi connectivity index (χ1v) is 18.6. The van der Waals surface area contributed by atoms with E-state index < -0.39 is 0 Å². The van der Waals surface area contributed by atoms with Gasteiger partial charge in [-0.25, -0.2) is 0 Å². The lowest BCUT2D eigenvalue weighted by atomic mass is 9.75. The highest BCUT2D eigenvalue weighted by atomic mass is 15.1. The Morgan fingerprint density at radius 3 is 1.77 bits per heavy atom. The quantitative estimate of drug-likeness (QED) is 0.176. The minimum absolute atomic E-state index is 0.0554. The third-order valence-electron chi connectivity index (χ3n) is 11.8. The van der Waals surface area contributed by atoms with Gasteiger partial charge in [-0.3, -0.25) is 0 Å². The molecule has 0 amide bonds. The summed E-state index contributed by atoms with van der Waals surface area (Å²) in [6.07, 6.45) is 2.07. The van der Waals surface area contributed by atoms with Crippen molar-refractivity contribution in [2.75, 3.05) is 4.90 Å². The van der Waals surface area contributed by atoms with Crippen molar-refractivity contribution in [2.24, 2.45) is 0 Å². The second kappa shape index (κ2) is 11.7. The zero-order chi connectivity index (χ0) is 34.9. The number of benzene rings is 8. The van der Waals surface area contributed by atoms with Crippen molar-refractivity contribution < 1.29 is 0 Å². The van der Waals surface area contributed by atoms with Crippen LogP contribution in [0.1, 0.15) is 22.3 Å². The summed E-state index contributed by atoms with van der Waals surface area (Å²) in [7, 11) is 0. The molecule has 0 fully saturated rings. The van der Waals surface area contributed by atoms with E-state index in [1.54, 1.807) is 0 Å². The summed E-state index contributed by atoms with van der Waals surface area (Å²) in [5.41, 5.74) is 18.0. The van der Waals surface area contributed by atoms with Gasteiger partial charge in [0.1, 0.15) is 0 Å². The van der Waals surface area contributed by atoms with Gasteiger partial charge in [-0.15, -0.1) is 0 Å². The largest absolute Gasteiger partial charge is 0.310 e. The van der Waals surface area contributed by atoms with Crippen LogP contribution in [-0.2, 0) is 18.3 Å². The van der Waals surface area contributed by atoms with Crippen LogP contribution in [0.5, 0.6) is 0 Å². The molecule has 0 N–H and O–H groups in total. The first-order chi connectivity index (χ1) is 26.2. The van der Waals surface area contributed by atoms with Gasteiger partial charge in [-0.1, -0.05) is 127 Å². The molecule has 8 aromatic carbocycles. The molecule has 250 valence electrons. The third-order valence-corrected chi connectivity index (χ3v) is 11.8. The van der Waals surface area contributed by atoms with Crippen molar-refractivity contribution in [3.05, 3.63) is 216 Å². The summed E-state index contributed by atoms with van der Waals surface area (Å²) in [5, 5.41) is 2.53. The molecular formula is C51H36N2. The molecule has 11 rings (SSSR count). The molecule has 0 unspecified atom stereocenters. The van der Waals surface area contributed by atoms with E-state index in [1.165, 1.54) is 77.7 Å². The maximum Gasteiger partial charge on any atom is 0.0541 e. The van der Waals surface area contributed by atoms with Crippen molar-refractivity contribution >= 4 is 38.9 Å². The summed E-state index contributed by atoms with van der Waals surface area (Å²) in [4.78, 5) is 2.42. The molecule has 0 atom stereocenters. The van der Waals surface area contributed by atoms with Crippen molar-refractivity contribution in [3.8, 4) is 27.9 Å². The maximum absolute atomic E-state index is 2.48. The predicted molar refractivity (Wildman–Crippen MR) is 221 cm³/mol. The van der Waals surface area contributed by atoms with Gasteiger partial charge in [-0.2, -0.15) is 0 Å². The Kier molecular flexibility index (Phi) is 6.63. The topological polar surface area (TPSA) is 8.17 Å². The molecule has 2 nitrogen and oxygen atoms in total. The molecule has 1 heterocycles. The van der Waals surface area contributed by atoms with Gasteiger partial charge in [0.05, 0.1) is 11.0 Å².